The number of alkyl carbamates (subject to hydrolysis) is 1. The second kappa shape index (κ2) is 10.6. The van der Waals surface area contributed by atoms with E-state index in [9.17, 15) is 19.5 Å². The molecule has 1 heterocycles. The summed E-state index contributed by atoms with van der Waals surface area (Å²) in [7, 11) is 0. The zero-order valence-electron chi connectivity index (χ0n) is 20.7. The number of hydrogen-bond acceptors (Lipinski definition) is 6. The summed E-state index contributed by atoms with van der Waals surface area (Å²) in [6.07, 6.45) is 0.961. The second-order valence-corrected chi connectivity index (χ2v) is 12.2. The Labute approximate surface area is 206 Å². The van der Waals surface area contributed by atoms with Gasteiger partial charge >= 0.3 is 6.09 Å². The van der Waals surface area contributed by atoms with E-state index in [1.165, 1.54) is 16.7 Å². The van der Waals surface area contributed by atoms with Crippen LogP contribution in [-0.4, -0.2) is 68.4 Å². The van der Waals surface area contributed by atoms with Crippen LogP contribution in [0.25, 0.3) is 0 Å². The number of carbonyl (C=O) groups excluding carboxylic acids is 3. The maximum Gasteiger partial charge on any atom is 0.407 e. The number of benzene rings is 1. The van der Waals surface area contributed by atoms with E-state index in [1.54, 1.807) is 20.8 Å². The van der Waals surface area contributed by atoms with E-state index >= 15 is 0 Å². The molecule has 0 aromatic heterocycles. The zero-order chi connectivity index (χ0) is 25.1. The van der Waals surface area contributed by atoms with Crippen LogP contribution in [0.5, 0.6) is 0 Å². The number of aliphatic hydroxyl groups is 1. The Balaban J connectivity index is 1.78. The minimum Gasteiger partial charge on any atom is -0.444 e. The molecule has 1 saturated carbocycles. The number of carbonyl (C=O) groups is 3. The van der Waals surface area contributed by atoms with Gasteiger partial charge in [0.05, 0.1) is 11.9 Å². The van der Waals surface area contributed by atoms with Crippen LogP contribution < -0.4 is 10.6 Å². The SMILES string of the molecule is CC(C)(C)OC(=O)N[C@@H](Cc1ccccc1)[C@H](O)C(=O)N1CSC(C)(C)[C@H]1C(=O)NC1CCC1. The van der Waals surface area contributed by atoms with Crippen molar-refractivity contribution in [1.82, 2.24) is 15.5 Å². The Morgan fingerprint density at radius 1 is 1.21 bits per heavy atom. The highest BCUT2D eigenvalue weighted by molar-refractivity contribution is 8.00. The fraction of sp³-hybridized carbons (Fsp3) is 0.640. The number of hydrogen-bond donors (Lipinski definition) is 3. The van der Waals surface area contributed by atoms with Crippen molar-refractivity contribution in [3.63, 3.8) is 0 Å². The van der Waals surface area contributed by atoms with E-state index in [1.807, 2.05) is 44.2 Å². The van der Waals surface area contributed by atoms with Crippen molar-refractivity contribution in [1.29, 1.82) is 0 Å². The van der Waals surface area contributed by atoms with Gasteiger partial charge in [-0.3, -0.25) is 9.59 Å². The molecule has 0 bridgehead atoms. The number of aliphatic hydroxyl groups excluding tert-OH is 1. The molecule has 8 nitrogen and oxygen atoms in total. The molecular weight excluding hydrogens is 454 g/mol. The van der Waals surface area contributed by atoms with E-state index < -0.39 is 40.5 Å². The molecule has 1 aliphatic carbocycles. The fourth-order valence-corrected chi connectivity index (χ4v) is 5.30. The maximum atomic E-state index is 13.5. The molecule has 34 heavy (non-hydrogen) atoms. The Morgan fingerprint density at radius 3 is 2.41 bits per heavy atom. The summed E-state index contributed by atoms with van der Waals surface area (Å²) in [5.74, 6) is -0.486. The fourth-order valence-electron chi connectivity index (χ4n) is 4.16. The van der Waals surface area contributed by atoms with Crippen LogP contribution >= 0.6 is 11.8 Å². The number of ether oxygens (including phenoxy) is 1. The Bertz CT molecular complexity index is 882. The number of amides is 3. The lowest BCUT2D eigenvalue weighted by Crippen LogP contribution is -2.60. The molecule has 1 aromatic carbocycles. The largest absolute Gasteiger partial charge is 0.444 e. The van der Waals surface area contributed by atoms with Crippen molar-refractivity contribution in [2.45, 2.75) is 94.9 Å². The smallest absolute Gasteiger partial charge is 0.407 e. The summed E-state index contributed by atoms with van der Waals surface area (Å²) in [6, 6.07) is 7.83. The first kappa shape index (κ1) is 26.3. The van der Waals surface area contributed by atoms with Crippen molar-refractivity contribution in [2.24, 2.45) is 0 Å². The van der Waals surface area contributed by atoms with Gasteiger partial charge in [0, 0.05) is 10.8 Å². The first-order chi connectivity index (χ1) is 15.9. The number of thioether (sulfide) groups is 1. The molecule has 3 amide bonds. The van der Waals surface area contributed by atoms with Gasteiger partial charge in [-0.2, -0.15) is 0 Å². The van der Waals surface area contributed by atoms with Crippen LogP contribution in [0.1, 0.15) is 59.4 Å². The van der Waals surface area contributed by atoms with Gasteiger partial charge in [0.2, 0.25) is 5.91 Å². The highest BCUT2D eigenvalue weighted by Crippen LogP contribution is 2.40. The van der Waals surface area contributed by atoms with Gasteiger partial charge in [-0.1, -0.05) is 30.3 Å². The van der Waals surface area contributed by atoms with E-state index in [-0.39, 0.29) is 24.2 Å². The lowest BCUT2D eigenvalue weighted by Gasteiger charge is -2.35. The standard InChI is InChI=1S/C25H37N3O5S/c1-24(2,3)33-23(32)27-18(14-16-10-7-6-8-11-16)19(29)22(31)28-15-34-25(4,5)20(28)21(30)26-17-12-9-13-17/h6-8,10-11,17-20,29H,9,12-15H2,1-5H3,(H,26,30)(H,27,32)/t18-,19-,20+/m0/s1. The molecule has 0 spiro atoms. The van der Waals surface area contributed by atoms with Crippen LogP contribution in [0, 0.1) is 0 Å². The molecule has 2 aliphatic rings. The summed E-state index contributed by atoms with van der Waals surface area (Å²) in [4.78, 5) is 40.6. The van der Waals surface area contributed by atoms with Crippen LogP contribution in [0.3, 0.4) is 0 Å². The predicted octanol–water partition coefficient (Wildman–Crippen LogP) is 2.83. The zero-order valence-corrected chi connectivity index (χ0v) is 21.5. The molecular formula is C25H37N3O5S. The average Bonchev–Trinajstić information content (AvgIpc) is 3.03. The molecule has 2 fully saturated rings. The number of rotatable bonds is 7. The van der Waals surface area contributed by atoms with Crippen LogP contribution in [0.15, 0.2) is 30.3 Å². The number of nitrogens with zero attached hydrogens (tertiary/aromatic N) is 1. The van der Waals surface area contributed by atoms with Gasteiger partial charge in [-0.05, 0) is 65.9 Å². The van der Waals surface area contributed by atoms with Gasteiger partial charge in [-0.15, -0.1) is 11.8 Å². The minimum atomic E-state index is -1.54. The second-order valence-electron chi connectivity index (χ2n) is 10.6. The van der Waals surface area contributed by atoms with Gasteiger partial charge in [-0.25, -0.2) is 4.79 Å². The normalized spacial score (nSPS) is 21.8. The molecule has 1 saturated heterocycles. The molecule has 0 unspecified atom stereocenters. The summed E-state index contributed by atoms with van der Waals surface area (Å²) >= 11 is 1.50. The highest BCUT2D eigenvalue weighted by Gasteiger charge is 2.50. The molecule has 188 valence electrons. The lowest BCUT2D eigenvalue weighted by atomic mass is 9.91. The molecule has 0 radical (unpaired) electrons. The van der Waals surface area contributed by atoms with Crippen LogP contribution in [0.2, 0.25) is 0 Å². The Kier molecular flexibility index (Phi) is 8.18. The topological polar surface area (TPSA) is 108 Å². The Morgan fingerprint density at radius 2 is 1.85 bits per heavy atom. The quantitative estimate of drug-likeness (QED) is 0.541. The van der Waals surface area contributed by atoms with Crippen molar-refractivity contribution in [3.05, 3.63) is 35.9 Å². The first-order valence-electron chi connectivity index (χ1n) is 11.8. The molecule has 3 rings (SSSR count). The number of nitrogens with one attached hydrogen (secondary N) is 2. The van der Waals surface area contributed by atoms with Crippen molar-refractivity contribution in [3.8, 4) is 0 Å². The van der Waals surface area contributed by atoms with Gasteiger partial charge in [0.1, 0.15) is 11.6 Å². The Hall–Kier alpha value is -2.26. The van der Waals surface area contributed by atoms with Gasteiger partial charge in [0.15, 0.2) is 6.10 Å². The molecule has 3 N–H and O–H groups in total. The summed E-state index contributed by atoms with van der Waals surface area (Å²) < 4.78 is 4.86. The van der Waals surface area contributed by atoms with Gasteiger partial charge < -0.3 is 25.4 Å². The molecule has 1 aliphatic heterocycles. The predicted molar refractivity (Wildman–Crippen MR) is 132 cm³/mol. The first-order valence-corrected chi connectivity index (χ1v) is 12.8. The highest BCUT2D eigenvalue weighted by atomic mass is 32.2. The third-order valence-corrected chi connectivity index (χ3v) is 7.54. The van der Waals surface area contributed by atoms with E-state index in [0.29, 0.717) is 0 Å². The van der Waals surface area contributed by atoms with Crippen LogP contribution in [-0.2, 0) is 20.7 Å². The maximum absolute atomic E-state index is 13.5. The van der Waals surface area contributed by atoms with Crippen LogP contribution in [0.4, 0.5) is 4.79 Å². The average molecular weight is 492 g/mol. The van der Waals surface area contributed by atoms with Crippen molar-refractivity contribution < 1.29 is 24.2 Å². The van der Waals surface area contributed by atoms with E-state index in [2.05, 4.69) is 10.6 Å². The van der Waals surface area contributed by atoms with Gasteiger partial charge in [0.25, 0.3) is 5.91 Å². The summed E-state index contributed by atoms with van der Waals surface area (Å²) in [5, 5.41) is 16.9. The summed E-state index contributed by atoms with van der Waals surface area (Å²) in [6.45, 7) is 9.10. The van der Waals surface area contributed by atoms with Crippen molar-refractivity contribution in [2.75, 3.05) is 5.88 Å². The monoisotopic (exact) mass is 491 g/mol. The van der Waals surface area contributed by atoms with Crippen molar-refractivity contribution >= 4 is 29.7 Å². The lowest BCUT2D eigenvalue weighted by molar-refractivity contribution is -0.147. The minimum absolute atomic E-state index is 0.149. The molecule has 3 atom stereocenters. The molecule has 1 aromatic rings. The molecule has 9 heteroatoms. The van der Waals surface area contributed by atoms with E-state index in [4.69, 9.17) is 4.74 Å². The third kappa shape index (κ3) is 6.66. The summed E-state index contributed by atoms with van der Waals surface area (Å²) in [5.41, 5.74) is 0.127. The van der Waals surface area contributed by atoms with E-state index in [0.717, 1.165) is 24.8 Å². The third-order valence-electron chi connectivity index (χ3n) is 6.16.